The Bertz CT molecular complexity index is 528. The number of hydrogen-bond donors (Lipinski definition) is 0. The van der Waals surface area contributed by atoms with Gasteiger partial charge in [0.15, 0.2) is 0 Å². The van der Waals surface area contributed by atoms with Gasteiger partial charge in [-0.15, -0.1) is 0 Å². The lowest BCUT2D eigenvalue weighted by molar-refractivity contribution is -0.515. The van der Waals surface area contributed by atoms with Gasteiger partial charge in [0.25, 0.3) is 0 Å². The first-order valence-electron chi connectivity index (χ1n) is 7.86. The van der Waals surface area contributed by atoms with Gasteiger partial charge in [-0.3, -0.25) is 14.9 Å². The molecule has 3 aliphatic carbocycles. The van der Waals surface area contributed by atoms with E-state index in [0.717, 1.165) is 12.8 Å². The summed E-state index contributed by atoms with van der Waals surface area (Å²) in [5, 5.41) is 11.2. The number of esters is 1. The predicted octanol–water partition coefficient (Wildman–Crippen LogP) is 2.82. The molecule has 21 heavy (non-hydrogen) atoms. The van der Waals surface area contributed by atoms with Crippen LogP contribution in [0, 0.1) is 38.7 Å². The highest BCUT2D eigenvalue weighted by Crippen LogP contribution is 2.78. The molecular formula is C16H23NO4. The number of allylic oxidation sites excluding steroid dienone is 2. The van der Waals surface area contributed by atoms with E-state index in [4.69, 9.17) is 4.74 Å². The number of hydrogen-bond acceptors (Lipinski definition) is 4. The van der Waals surface area contributed by atoms with Gasteiger partial charge in [0.05, 0.1) is 18.4 Å². The summed E-state index contributed by atoms with van der Waals surface area (Å²) in [6, 6.07) is 0. The summed E-state index contributed by atoms with van der Waals surface area (Å²) in [5.74, 6) is 0.712. The van der Waals surface area contributed by atoms with Gasteiger partial charge in [-0.2, -0.15) is 0 Å². The largest absolute Gasteiger partial charge is 0.466 e. The van der Waals surface area contributed by atoms with Crippen LogP contribution in [-0.2, 0) is 9.53 Å². The van der Waals surface area contributed by atoms with E-state index >= 15 is 0 Å². The maximum atomic E-state index is 12.0. The topological polar surface area (TPSA) is 69.4 Å². The van der Waals surface area contributed by atoms with E-state index in [1.54, 1.807) is 6.92 Å². The lowest BCUT2D eigenvalue weighted by atomic mass is 9.28. The number of carbonyl (C=O) groups is 1. The van der Waals surface area contributed by atoms with Crippen molar-refractivity contribution in [3.63, 3.8) is 0 Å². The molecule has 0 amide bonds. The van der Waals surface area contributed by atoms with Crippen molar-refractivity contribution in [3.8, 4) is 0 Å². The van der Waals surface area contributed by atoms with E-state index in [0.29, 0.717) is 12.5 Å². The molecule has 3 aliphatic rings. The number of rotatable bonds is 5. The summed E-state index contributed by atoms with van der Waals surface area (Å²) < 4.78 is 5.07. The first kappa shape index (κ1) is 14.5. The Morgan fingerprint density at radius 3 is 2.86 bits per heavy atom. The lowest BCUT2D eigenvalue weighted by Gasteiger charge is -2.74. The Morgan fingerprint density at radius 1 is 1.52 bits per heavy atom. The van der Waals surface area contributed by atoms with Gasteiger partial charge >= 0.3 is 5.97 Å². The average molecular weight is 293 g/mol. The molecule has 0 N–H and O–H groups in total. The molecule has 0 unspecified atom stereocenters. The summed E-state index contributed by atoms with van der Waals surface area (Å²) in [5.41, 5.74) is 1.04. The molecule has 116 valence electrons. The molecule has 0 spiro atoms. The Hall–Kier alpha value is -1.39. The van der Waals surface area contributed by atoms with Gasteiger partial charge < -0.3 is 4.74 Å². The van der Waals surface area contributed by atoms with Gasteiger partial charge in [-0.1, -0.05) is 25.5 Å². The highest BCUT2D eigenvalue weighted by atomic mass is 16.6. The number of nitrogens with zero attached hydrogens (tertiary/aromatic N) is 1. The van der Waals surface area contributed by atoms with Crippen LogP contribution in [-0.4, -0.2) is 24.0 Å². The Kier molecular flexibility index (Phi) is 3.15. The standard InChI is InChI=1S/C16H23NO4/c1-4-21-14(18)8-16(9-17(19)20)12-6-5-10(2)11-7-13(16)15(11,12)3/h7,10,12-13H,4-6,8-9H2,1-3H3/t10-,12+,13-,15-,16-/m1/s1. The Balaban J connectivity index is 1.91. The van der Waals surface area contributed by atoms with Crippen LogP contribution in [0.1, 0.15) is 40.0 Å². The first-order valence-corrected chi connectivity index (χ1v) is 7.86. The minimum Gasteiger partial charge on any atom is -0.466 e. The molecule has 5 atom stereocenters. The number of carbonyl (C=O) groups excluding carboxylic acids is 1. The fraction of sp³-hybridized carbons (Fsp3) is 0.812. The summed E-state index contributed by atoms with van der Waals surface area (Å²) in [4.78, 5) is 22.9. The van der Waals surface area contributed by atoms with Crippen LogP contribution in [0.15, 0.2) is 11.6 Å². The molecule has 5 nitrogen and oxygen atoms in total. The molecule has 2 saturated carbocycles. The van der Waals surface area contributed by atoms with Crippen LogP contribution in [0.4, 0.5) is 0 Å². The van der Waals surface area contributed by atoms with Gasteiger partial charge in [-0.25, -0.2) is 0 Å². The second-order valence-corrected chi connectivity index (χ2v) is 7.12. The SMILES string of the molecule is CCOC(=O)C[C@@]1(C[N+](=O)[O-])[C@H]2CC[C@@H](C)C3=C[C@@H]1[C@]32C. The van der Waals surface area contributed by atoms with Crippen molar-refractivity contribution in [3.05, 3.63) is 21.8 Å². The van der Waals surface area contributed by atoms with Crippen LogP contribution in [0.3, 0.4) is 0 Å². The van der Waals surface area contributed by atoms with Gasteiger partial charge in [0.2, 0.25) is 6.54 Å². The molecule has 0 heterocycles. The highest BCUT2D eigenvalue weighted by molar-refractivity contribution is 5.71. The van der Waals surface area contributed by atoms with E-state index < -0.39 is 5.41 Å². The monoisotopic (exact) mass is 293 g/mol. The van der Waals surface area contributed by atoms with E-state index in [1.807, 2.05) is 0 Å². The highest BCUT2D eigenvalue weighted by Gasteiger charge is 2.76. The van der Waals surface area contributed by atoms with Crippen LogP contribution in [0.2, 0.25) is 0 Å². The second-order valence-electron chi connectivity index (χ2n) is 7.12. The maximum absolute atomic E-state index is 12.0. The molecule has 0 radical (unpaired) electrons. The van der Waals surface area contributed by atoms with Crippen molar-refractivity contribution in [2.24, 2.45) is 28.6 Å². The van der Waals surface area contributed by atoms with Crippen LogP contribution in [0.25, 0.3) is 0 Å². The summed E-state index contributed by atoms with van der Waals surface area (Å²) in [7, 11) is 0. The fourth-order valence-corrected chi connectivity index (χ4v) is 5.59. The molecule has 3 rings (SSSR count). The van der Waals surface area contributed by atoms with Crippen molar-refractivity contribution in [2.45, 2.75) is 40.0 Å². The molecule has 0 aromatic heterocycles. The van der Waals surface area contributed by atoms with Crippen molar-refractivity contribution in [1.82, 2.24) is 0 Å². The van der Waals surface area contributed by atoms with Crippen molar-refractivity contribution < 1.29 is 14.5 Å². The van der Waals surface area contributed by atoms with E-state index in [9.17, 15) is 14.9 Å². The summed E-state index contributed by atoms with van der Waals surface area (Å²) in [6.45, 7) is 6.46. The van der Waals surface area contributed by atoms with Gasteiger partial charge in [-0.05, 0) is 42.9 Å². The van der Waals surface area contributed by atoms with Crippen molar-refractivity contribution in [1.29, 1.82) is 0 Å². The predicted molar refractivity (Wildman–Crippen MR) is 77.1 cm³/mol. The fourth-order valence-electron chi connectivity index (χ4n) is 5.59. The minimum absolute atomic E-state index is 0.0974. The number of nitro groups is 1. The zero-order chi connectivity index (χ0) is 15.4. The smallest absolute Gasteiger partial charge is 0.306 e. The molecule has 0 saturated heterocycles. The van der Waals surface area contributed by atoms with E-state index in [-0.39, 0.29) is 41.1 Å². The normalized spacial score (nSPS) is 43.0. The molecule has 0 aromatic carbocycles. The second kappa shape index (κ2) is 4.55. The molecule has 0 aliphatic heterocycles. The van der Waals surface area contributed by atoms with Crippen molar-refractivity contribution in [2.75, 3.05) is 13.2 Å². The van der Waals surface area contributed by atoms with Gasteiger partial charge in [0.1, 0.15) is 0 Å². The number of ether oxygens (including phenoxy) is 1. The average Bonchev–Trinajstić information content (AvgIpc) is 2.34. The van der Waals surface area contributed by atoms with E-state index in [1.165, 1.54) is 5.57 Å². The minimum atomic E-state index is -0.520. The third-order valence-corrected chi connectivity index (χ3v) is 6.27. The molecular weight excluding hydrogens is 270 g/mol. The van der Waals surface area contributed by atoms with Crippen LogP contribution < -0.4 is 0 Å². The van der Waals surface area contributed by atoms with E-state index in [2.05, 4.69) is 19.9 Å². The molecule has 2 fully saturated rings. The molecule has 0 bridgehead atoms. The zero-order valence-corrected chi connectivity index (χ0v) is 12.9. The summed E-state index contributed by atoms with van der Waals surface area (Å²) >= 11 is 0. The lowest BCUT2D eigenvalue weighted by Crippen LogP contribution is -2.72. The quantitative estimate of drug-likeness (QED) is 0.338. The maximum Gasteiger partial charge on any atom is 0.306 e. The summed E-state index contributed by atoms with van der Waals surface area (Å²) in [6.07, 6.45) is 4.45. The van der Waals surface area contributed by atoms with Crippen LogP contribution >= 0.6 is 0 Å². The third-order valence-electron chi connectivity index (χ3n) is 6.27. The Morgan fingerprint density at radius 2 is 2.24 bits per heavy atom. The Labute approximate surface area is 124 Å². The molecule has 0 aromatic rings. The zero-order valence-electron chi connectivity index (χ0n) is 12.9. The first-order chi connectivity index (χ1) is 9.86. The third kappa shape index (κ3) is 1.72. The van der Waals surface area contributed by atoms with Crippen molar-refractivity contribution >= 4 is 5.97 Å². The van der Waals surface area contributed by atoms with Crippen LogP contribution in [0.5, 0.6) is 0 Å². The molecule has 5 heteroatoms. The van der Waals surface area contributed by atoms with Gasteiger partial charge in [0, 0.05) is 4.92 Å².